The molecule has 0 aromatic rings. The molecule has 9 N–H and O–H groups in total. The fourth-order valence-corrected chi connectivity index (χ4v) is 13.3. The maximum atomic E-state index is 11.9. The Balaban J connectivity index is 0.931. The Kier molecular flexibility index (Phi) is 10.9. The molecule has 0 bridgehead atoms. The topological polar surface area (TPSA) is 237 Å². The van der Waals surface area contributed by atoms with E-state index >= 15 is 0 Å². The van der Waals surface area contributed by atoms with Crippen molar-refractivity contribution >= 4 is 0 Å². The van der Waals surface area contributed by atoms with Crippen LogP contribution in [-0.4, -0.2) is 157 Å². The number of aliphatic hydroxyl groups is 9. The van der Waals surface area contributed by atoms with Crippen LogP contribution in [0.15, 0.2) is 0 Å². The Bertz CT molecular complexity index is 1330. The molecule has 24 atom stereocenters. The van der Waals surface area contributed by atoms with Crippen LogP contribution in [0.2, 0.25) is 0 Å². The minimum absolute atomic E-state index is 0.0753. The number of hydrogen-bond donors (Lipinski definition) is 9. The van der Waals surface area contributed by atoms with Gasteiger partial charge >= 0.3 is 0 Å². The fraction of sp³-hybridized carbons (Fsp3) is 1.00. The van der Waals surface area contributed by atoms with Crippen LogP contribution >= 0.6 is 0 Å². The number of ether oxygens (including phenoxy) is 6. The number of rotatable bonds is 6. The van der Waals surface area contributed by atoms with Gasteiger partial charge in [0.25, 0.3) is 0 Å². The molecular weight excluding hydrogens is 708 g/mol. The molecule has 0 radical (unpaired) electrons. The Hall–Kier alpha value is -0.600. The third-order valence-electron chi connectivity index (χ3n) is 16.2. The Morgan fingerprint density at radius 2 is 1.35 bits per heavy atom. The zero-order valence-electron chi connectivity index (χ0n) is 31.9. The van der Waals surface area contributed by atoms with Gasteiger partial charge in [-0.1, -0.05) is 27.7 Å². The van der Waals surface area contributed by atoms with Gasteiger partial charge in [-0.2, -0.15) is 0 Å². The van der Waals surface area contributed by atoms with E-state index in [-0.39, 0.29) is 22.9 Å². The van der Waals surface area contributed by atoms with E-state index in [0.717, 1.165) is 38.7 Å². The molecule has 15 nitrogen and oxygen atoms in total. The van der Waals surface area contributed by atoms with E-state index in [4.69, 9.17) is 28.4 Å². The van der Waals surface area contributed by atoms with Crippen LogP contribution in [0.3, 0.4) is 0 Å². The Morgan fingerprint density at radius 3 is 2.04 bits per heavy atom. The average molecular weight is 773 g/mol. The summed E-state index contributed by atoms with van der Waals surface area (Å²) in [6, 6.07) is 0. The van der Waals surface area contributed by atoms with Gasteiger partial charge in [-0.15, -0.1) is 0 Å². The monoisotopic (exact) mass is 772 g/mol. The van der Waals surface area contributed by atoms with Gasteiger partial charge in [-0.05, 0) is 91.3 Å². The van der Waals surface area contributed by atoms with Crippen LogP contribution in [-0.2, 0) is 28.4 Å². The highest BCUT2D eigenvalue weighted by molar-refractivity contribution is 5.17. The van der Waals surface area contributed by atoms with Gasteiger partial charge in [-0.25, -0.2) is 0 Å². The second-order valence-electron chi connectivity index (χ2n) is 19.0. The van der Waals surface area contributed by atoms with E-state index in [1.54, 1.807) is 0 Å². The minimum Gasteiger partial charge on any atom is -0.394 e. The lowest BCUT2D eigenvalue weighted by Gasteiger charge is -2.63. The molecule has 15 heteroatoms. The van der Waals surface area contributed by atoms with Crippen LogP contribution in [0.1, 0.15) is 79.1 Å². The lowest BCUT2D eigenvalue weighted by molar-refractivity contribution is -0.367. The standard InChI is InChI=1S/C39H64O15/c1-16-5-8-39(49-15-16)17(2)28-25(54-39)10-20-18-9-22(42)21-11-24(23(43)12-38(21,4)19(18)6-7-37(20,28)3)50-35-33(48)31(46)34(27(14-41)52-35)53-36-32(47)30(45)29(44)26(13-40)51-36/h16-36,40-48H,5-15H2,1-4H3/t16-,17+,18-,19+,20-,21-,22-,23-,24-,25-,26-,27-,28-,29+,30+,31-,32-,33-,34-,35-,36-,37+,38-,39-/m1/s1. The van der Waals surface area contributed by atoms with Crippen molar-refractivity contribution in [1.82, 2.24) is 0 Å². The molecule has 8 aliphatic rings. The number of aliphatic hydroxyl groups excluding tert-OH is 9. The highest BCUT2D eigenvalue weighted by Crippen LogP contribution is 2.71. The normalized spacial score (nSPS) is 60.1. The Labute approximate surface area is 316 Å². The molecule has 0 aromatic carbocycles. The molecule has 0 aromatic heterocycles. The van der Waals surface area contributed by atoms with Gasteiger partial charge < -0.3 is 74.4 Å². The third kappa shape index (κ3) is 6.18. The van der Waals surface area contributed by atoms with Crippen molar-refractivity contribution in [3.05, 3.63) is 0 Å². The van der Waals surface area contributed by atoms with Crippen LogP contribution in [0.5, 0.6) is 0 Å². The summed E-state index contributed by atoms with van der Waals surface area (Å²) in [5, 5.41) is 96.4. The maximum Gasteiger partial charge on any atom is 0.187 e. The first-order valence-electron chi connectivity index (χ1n) is 20.5. The molecule has 4 saturated carbocycles. The van der Waals surface area contributed by atoms with E-state index in [0.29, 0.717) is 54.8 Å². The molecule has 8 rings (SSSR count). The summed E-state index contributed by atoms with van der Waals surface area (Å²) in [6.45, 7) is 8.57. The van der Waals surface area contributed by atoms with E-state index in [9.17, 15) is 46.0 Å². The van der Waals surface area contributed by atoms with Gasteiger partial charge in [0.1, 0.15) is 48.8 Å². The lowest BCUT2D eigenvalue weighted by atomic mass is 9.43. The van der Waals surface area contributed by atoms with Crippen molar-refractivity contribution in [2.24, 2.45) is 52.3 Å². The fourth-order valence-electron chi connectivity index (χ4n) is 13.3. The third-order valence-corrected chi connectivity index (χ3v) is 16.2. The lowest BCUT2D eigenvalue weighted by Crippen LogP contribution is -2.65. The summed E-state index contributed by atoms with van der Waals surface area (Å²) in [5.74, 6) is 1.55. The summed E-state index contributed by atoms with van der Waals surface area (Å²) >= 11 is 0. The maximum absolute atomic E-state index is 11.9. The summed E-state index contributed by atoms with van der Waals surface area (Å²) in [4.78, 5) is 0. The Morgan fingerprint density at radius 1 is 0.667 bits per heavy atom. The second-order valence-corrected chi connectivity index (χ2v) is 19.0. The highest BCUT2D eigenvalue weighted by atomic mass is 16.7. The van der Waals surface area contributed by atoms with Crippen molar-refractivity contribution < 1.29 is 74.4 Å². The molecule has 8 fully saturated rings. The van der Waals surface area contributed by atoms with Crippen LogP contribution < -0.4 is 0 Å². The van der Waals surface area contributed by atoms with Crippen molar-refractivity contribution in [2.45, 2.75) is 171 Å². The van der Waals surface area contributed by atoms with Crippen molar-refractivity contribution in [3.8, 4) is 0 Å². The molecule has 54 heavy (non-hydrogen) atoms. The summed E-state index contributed by atoms with van der Waals surface area (Å²) in [6.07, 6.45) is -11.6. The quantitative estimate of drug-likeness (QED) is 0.153. The highest BCUT2D eigenvalue weighted by Gasteiger charge is 2.70. The van der Waals surface area contributed by atoms with E-state index in [1.807, 2.05) is 0 Å². The first-order valence-corrected chi connectivity index (χ1v) is 20.5. The van der Waals surface area contributed by atoms with Crippen LogP contribution in [0.4, 0.5) is 0 Å². The molecule has 4 saturated heterocycles. The largest absolute Gasteiger partial charge is 0.394 e. The van der Waals surface area contributed by atoms with E-state index in [2.05, 4.69) is 27.7 Å². The molecule has 4 heterocycles. The van der Waals surface area contributed by atoms with E-state index < -0.39 is 98.7 Å². The first-order chi connectivity index (χ1) is 25.6. The smallest absolute Gasteiger partial charge is 0.187 e. The van der Waals surface area contributed by atoms with Gasteiger partial charge in [0.2, 0.25) is 0 Å². The average Bonchev–Trinajstić information content (AvgIpc) is 3.59. The van der Waals surface area contributed by atoms with Gasteiger partial charge in [0.15, 0.2) is 18.4 Å². The summed E-state index contributed by atoms with van der Waals surface area (Å²) < 4.78 is 36.6. The van der Waals surface area contributed by atoms with E-state index in [1.165, 1.54) is 0 Å². The molecular formula is C39H64O15. The predicted octanol–water partition coefficient (Wildman–Crippen LogP) is -0.616. The van der Waals surface area contributed by atoms with Crippen molar-refractivity contribution in [2.75, 3.05) is 19.8 Å². The second kappa shape index (κ2) is 14.6. The first kappa shape index (κ1) is 40.2. The SMILES string of the molecule is C[C@@H]1CC[C@@]2(OC1)O[C@@H]1C[C@@H]3[C@@H]4C[C@@H](O)[C@H]5C[C@@H](O[C@@H]6O[C@H](CO)[C@@H](O[C@H]7O[C@H](CO)[C@H](O)[C@H](O)[C@H]7O)[C@H](O)[C@H]6O)[C@H](O)C[C@]5(C)[C@H]4CC[C@]3(C)[C@@H]1[C@@H]2C. The molecule has 0 amide bonds. The van der Waals surface area contributed by atoms with Crippen molar-refractivity contribution in [3.63, 3.8) is 0 Å². The molecule has 310 valence electrons. The molecule has 0 unspecified atom stereocenters. The van der Waals surface area contributed by atoms with Gasteiger partial charge in [0.05, 0.1) is 44.2 Å². The molecule has 1 spiro atoms. The number of fused-ring (bicyclic) bond motifs is 7. The van der Waals surface area contributed by atoms with Crippen molar-refractivity contribution in [1.29, 1.82) is 0 Å². The van der Waals surface area contributed by atoms with Crippen LogP contribution in [0.25, 0.3) is 0 Å². The van der Waals surface area contributed by atoms with Crippen LogP contribution in [0, 0.1) is 52.3 Å². The molecule has 4 aliphatic heterocycles. The zero-order valence-corrected chi connectivity index (χ0v) is 31.9. The summed E-state index contributed by atoms with van der Waals surface area (Å²) in [7, 11) is 0. The number of hydrogen-bond acceptors (Lipinski definition) is 15. The predicted molar refractivity (Wildman–Crippen MR) is 186 cm³/mol. The zero-order chi connectivity index (χ0) is 38.6. The van der Waals surface area contributed by atoms with Gasteiger partial charge in [0, 0.05) is 12.3 Å². The minimum atomic E-state index is -1.77. The summed E-state index contributed by atoms with van der Waals surface area (Å²) in [5.41, 5.74) is -0.285. The van der Waals surface area contributed by atoms with Gasteiger partial charge in [-0.3, -0.25) is 0 Å². The molecule has 4 aliphatic carbocycles.